The van der Waals surface area contributed by atoms with Crippen LogP contribution in [0.4, 0.5) is 0 Å². The van der Waals surface area contributed by atoms with Crippen LogP contribution in [0.25, 0.3) is 0 Å². The maximum atomic E-state index is 11.4. The quantitative estimate of drug-likeness (QED) is 0.416. The molecular formula is C10H14O3. The predicted molar refractivity (Wildman–Crippen MR) is 47.1 cm³/mol. The zero-order chi connectivity index (χ0) is 9.31. The first-order valence-electron chi connectivity index (χ1n) is 4.62. The van der Waals surface area contributed by atoms with E-state index in [-0.39, 0.29) is 17.3 Å². The highest BCUT2D eigenvalue weighted by Gasteiger charge is 2.55. The summed E-state index contributed by atoms with van der Waals surface area (Å²) in [6, 6.07) is 0. The van der Waals surface area contributed by atoms with Crippen LogP contribution in [0.2, 0.25) is 0 Å². The van der Waals surface area contributed by atoms with Crippen molar-refractivity contribution in [2.75, 3.05) is 19.8 Å². The Morgan fingerprint density at radius 3 is 3.08 bits per heavy atom. The predicted octanol–water partition coefficient (Wildman–Crippen LogP) is 1.14. The molecule has 0 aromatic rings. The third kappa shape index (κ3) is 1.75. The Kier molecular flexibility index (Phi) is 2.12. The highest BCUT2D eigenvalue weighted by Crippen LogP contribution is 2.53. The highest BCUT2D eigenvalue weighted by atomic mass is 16.5. The molecule has 2 aliphatic rings. The van der Waals surface area contributed by atoms with E-state index in [0.29, 0.717) is 19.8 Å². The van der Waals surface area contributed by atoms with Crippen LogP contribution in [0.15, 0.2) is 12.2 Å². The largest absolute Gasteiger partial charge is 0.461 e. The monoisotopic (exact) mass is 182 g/mol. The first kappa shape index (κ1) is 8.75. The number of rotatable bonds is 0. The molecule has 0 saturated heterocycles. The van der Waals surface area contributed by atoms with E-state index in [4.69, 9.17) is 9.47 Å². The van der Waals surface area contributed by atoms with Crippen molar-refractivity contribution >= 4 is 5.97 Å². The molecule has 0 aromatic heterocycles. The van der Waals surface area contributed by atoms with Gasteiger partial charge in [0.1, 0.15) is 6.61 Å². The van der Waals surface area contributed by atoms with Gasteiger partial charge in [0.25, 0.3) is 0 Å². The molecule has 1 heterocycles. The van der Waals surface area contributed by atoms with Crippen LogP contribution < -0.4 is 0 Å². The van der Waals surface area contributed by atoms with Gasteiger partial charge in [0.15, 0.2) is 0 Å². The second-order valence-electron chi connectivity index (χ2n) is 4.03. The van der Waals surface area contributed by atoms with Crippen molar-refractivity contribution < 1.29 is 14.3 Å². The number of ether oxygens (including phenoxy) is 2. The van der Waals surface area contributed by atoms with Gasteiger partial charge >= 0.3 is 5.97 Å². The van der Waals surface area contributed by atoms with Gasteiger partial charge in [-0.05, 0) is 12.5 Å². The molecule has 72 valence electrons. The van der Waals surface area contributed by atoms with Gasteiger partial charge in [0, 0.05) is 5.41 Å². The van der Waals surface area contributed by atoms with Crippen LogP contribution in [-0.4, -0.2) is 25.8 Å². The molecule has 2 rings (SSSR count). The number of carbonyl (C=O) groups excluding carboxylic acids is 1. The zero-order valence-electron chi connectivity index (χ0n) is 7.79. The van der Waals surface area contributed by atoms with Crippen LogP contribution in [0.5, 0.6) is 0 Å². The van der Waals surface area contributed by atoms with Gasteiger partial charge in [-0.3, -0.25) is 4.79 Å². The molecule has 1 saturated carbocycles. The Hall–Kier alpha value is -0.830. The van der Waals surface area contributed by atoms with Crippen LogP contribution >= 0.6 is 0 Å². The van der Waals surface area contributed by atoms with Crippen molar-refractivity contribution in [1.29, 1.82) is 0 Å². The van der Waals surface area contributed by atoms with E-state index in [9.17, 15) is 4.79 Å². The molecule has 0 aromatic carbocycles. The Bertz CT molecular complexity index is 247. The van der Waals surface area contributed by atoms with Crippen molar-refractivity contribution in [3.63, 3.8) is 0 Å². The number of cyclic esters (lactones) is 1. The zero-order valence-corrected chi connectivity index (χ0v) is 7.79. The molecule has 2 atom stereocenters. The molecular weight excluding hydrogens is 168 g/mol. The fraction of sp³-hybridized carbons (Fsp3) is 0.700. The van der Waals surface area contributed by atoms with Crippen LogP contribution in [0, 0.1) is 11.3 Å². The maximum absolute atomic E-state index is 11.4. The lowest BCUT2D eigenvalue weighted by molar-refractivity contribution is -0.145. The van der Waals surface area contributed by atoms with Crippen molar-refractivity contribution in [3.8, 4) is 0 Å². The Morgan fingerprint density at radius 1 is 1.46 bits per heavy atom. The first-order valence-corrected chi connectivity index (χ1v) is 4.62. The number of hydrogen-bond acceptors (Lipinski definition) is 3. The van der Waals surface area contributed by atoms with E-state index in [1.807, 2.05) is 12.2 Å². The number of esters is 1. The molecule has 3 nitrogen and oxygen atoms in total. The normalized spacial score (nSPS) is 41.6. The molecule has 0 bridgehead atoms. The number of carbonyl (C=O) groups is 1. The molecule has 1 aliphatic heterocycles. The number of hydrogen-bond donors (Lipinski definition) is 0. The topological polar surface area (TPSA) is 35.5 Å². The first-order chi connectivity index (χ1) is 6.22. The summed E-state index contributed by atoms with van der Waals surface area (Å²) < 4.78 is 10.5. The van der Waals surface area contributed by atoms with Crippen LogP contribution in [0.3, 0.4) is 0 Å². The fourth-order valence-corrected chi connectivity index (χ4v) is 1.66. The molecule has 1 aliphatic carbocycles. The van der Waals surface area contributed by atoms with E-state index in [2.05, 4.69) is 6.92 Å². The van der Waals surface area contributed by atoms with Crippen LogP contribution in [0.1, 0.15) is 13.3 Å². The van der Waals surface area contributed by atoms with Gasteiger partial charge in [0.05, 0.1) is 19.1 Å². The fourth-order valence-electron chi connectivity index (χ4n) is 1.66. The third-order valence-electron chi connectivity index (χ3n) is 2.77. The lowest BCUT2D eigenvalue weighted by Crippen LogP contribution is -2.17. The SMILES string of the molecule is CC12COC/C=C\COC(=O)C1C2. The average molecular weight is 182 g/mol. The van der Waals surface area contributed by atoms with E-state index < -0.39 is 0 Å². The summed E-state index contributed by atoms with van der Waals surface area (Å²) in [6.45, 7) is 3.75. The Labute approximate surface area is 77.7 Å². The second kappa shape index (κ2) is 3.14. The van der Waals surface area contributed by atoms with Gasteiger partial charge in [-0.25, -0.2) is 0 Å². The van der Waals surface area contributed by atoms with Crippen molar-refractivity contribution in [1.82, 2.24) is 0 Å². The average Bonchev–Trinajstić information content (AvgIpc) is 2.77. The summed E-state index contributed by atoms with van der Waals surface area (Å²) in [5.74, 6) is -0.00310. The summed E-state index contributed by atoms with van der Waals surface area (Å²) in [6.07, 6.45) is 4.62. The minimum Gasteiger partial charge on any atom is -0.461 e. The van der Waals surface area contributed by atoms with Gasteiger partial charge in [-0.2, -0.15) is 0 Å². The summed E-state index contributed by atoms with van der Waals surface area (Å²) >= 11 is 0. The van der Waals surface area contributed by atoms with E-state index in [0.717, 1.165) is 6.42 Å². The smallest absolute Gasteiger partial charge is 0.309 e. The summed E-state index contributed by atoms with van der Waals surface area (Å²) in [7, 11) is 0. The minimum atomic E-state index is -0.0716. The molecule has 0 radical (unpaired) electrons. The summed E-state index contributed by atoms with van der Waals surface area (Å²) in [5, 5.41) is 0. The standard InChI is InChI=1S/C10H14O3/c1-10-6-8(10)9(11)13-5-3-2-4-12-7-10/h2-3,8H,4-7H2,1H3/b3-2-. The van der Waals surface area contributed by atoms with Crippen molar-refractivity contribution in [3.05, 3.63) is 12.2 Å². The minimum absolute atomic E-state index is 0.0439. The Morgan fingerprint density at radius 2 is 2.23 bits per heavy atom. The van der Waals surface area contributed by atoms with E-state index >= 15 is 0 Å². The lowest BCUT2D eigenvalue weighted by atomic mass is 10.1. The molecule has 3 heteroatoms. The van der Waals surface area contributed by atoms with Gasteiger partial charge < -0.3 is 9.47 Å². The molecule has 13 heavy (non-hydrogen) atoms. The van der Waals surface area contributed by atoms with E-state index in [1.54, 1.807) is 0 Å². The van der Waals surface area contributed by atoms with Crippen molar-refractivity contribution in [2.24, 2.45) is 11.3 Å². The molecule has 0 amide bonds. The summed E-state index contributed by atoms with van der Waals surface area (Å²) in [4.78, 5) is 11.4. The summed E-state index contributed by atoms with van der Waals surface area (Å²) in [5.41, 5.74) is 0.0439. The van der Waals surface area contributed by atoms with Gasteiger partial charge in [-0.1, -0.05) is 13.0 Å². The molecule has 2 unspecified atom stereocenters. The molecule has 1 fully saturated rings. The Balaban J connectivity index is 2.01. The maximum Gasteiger partial charge on any atom is 0.309 e. The van der Waals surface area contributed by atoms with Crippen molar-refractivity contribution in [2.45, 2.75) is 13.3 Å². The molecule has 0 N–H and O–H groups in total. The van der Waals surface area contributed by atoms with Gasteiger partial charge in [0.2, 0.25) is 0 Å². The van der Waals surface area contributed by atoms with E-state index in [1.165, 1.54) is 0 Å². The second-order valence-corrected chi connectivity index (χ2v) is 4.03. The highest BCUT2D eigenvalue weighted by molar-refractivity contribution is 5.77. The van der Waals surface area contributed by atoms with Crippen LogP contribution in [-0.2, 0) is 14.3 Å². The number of fused-ring (bicyclic) bond motifs is 1. The third-order valence-corrected chi connectivity index (χ3v) is 2.77. The van der Waals surface area contributed by atoms with Gasteiger partial charge in [-0.15, -0.1) is 0 Å². The molecule has 0 spiro atoms. The lowest BCUT2D eigenvalue weighted by Gasteiger charge is -2.11.